The van der Waals surface area contributed by atoms with Crippen LogP contribution in [0.1, 0.15) is 11.4 Å². The molecule has 4 nitrogen and oxygen atoms in total. The largest absolute Gasteiger partial charge is 0.331 e. The monoisotopic (exact) mass is 306 g/mol. The average Bonchev–Trinajstić information content (AvgIpc) is 3.04. The van der Waals surface area contributed by atoms with Crippen molar-refractivity contribution in [2.75, 3.05) is 0 Å². The van der Waals surface area contributed by atoms with E-state index < -0.39 is 0 Å². The van der Waals surface area contributed by atoms with Gasteiger partial charge in [-0.05, 0) is 25.1 Å². The molecule has 0 aliphatic heterocycles. The topological polar surface area (TPSA) is 35.6 Å². The first-order chi connectivity index (χ1) is 9.63. The first-order valence-electron chi connectivity index (χ1n) is 6.10. The van der Waals surface area contributed by atoms with Gasteiger partial charge in [0, 0.05) is 24.2 Å². The van der Waals surface area contributed by atoms with Crippen LogP contribution in [0.25, 0.3) is 5.69 Å². The summed E-state index contributed by atoms with van der Waals surface area (Å²) in [5.74, 6) is 0.979. The molecule has 0 spiro atoms. The number of hydrogen-bond acceptors (Lipinski definition) is 2. The van der Waals surface area contributed by atoms with Gasteiger partial charge in [-0.1, -0.05) is 23.2 Å². The van der Waals surface area contributed by atoms with Crippen molar-refractivity contribution in [2.24, 2.45) is 0 Å². The van der Waals surface area contributed by atoms with E-state index in [1.165, 1.54) is 0 Å². The van der Waals surface area contributed by atoms with Crippen LogP contribution in [-0.4, -0.2) is 19.3 Å². The third-order valence-corrected chi connectivity index (χ3v) is 3.82. The van der Waals surface area contributed by atoms with Gasteiger partial charge in [-0.15, -0.1) is 0 Å². The molecule has 0 aliphatic carbocycles. The number of imidazole rings is 1. The van der Waals surface area contributed by atoms with E-state index in [0.717, 1.165) is 23.6 Å². The third kappa shape index (κ3) is 2.57. The maximum atomic E-state index is 6.02. The van der Waals surface area contributed by atoms with Crippen molar-refractivity contribution >= 4 is 23.2 Å². The molecule has 2 heterocycles. The van der Waals surface area contributed by atoms with Crippen LogP contribution < -0.4 is 0 Å². The molecule has 0 saturated heterocycles. The standard InChI is InChI=1S/C14H12Cl2N4/c1-10-17-4-5-19(10)8-11-7-18-20(9-11)12-2-3-13(15)14(16)6-12/h2-7,9H,8H2,1H3. The van der Waals surface area contributed by atoms with Gasteiger partial charge in [0.15, 0.2) is 0 Å². The van der Waals surface area contributed by atoms with E-state index in [1.807, 2.05) is 31.6 Å². The second-order valence-electron chi connectivity index (χ2n) is 4.49. The van der Waals surface area contributed by atoms with Crippen molar-refractivity contribution in [2.45, 2.75) is 13.5 Å². The van der Waals surface area contributed by atoms with Gasteiger partial charge in [-0.25, -0.2) is 9.67 Å². The summed E-state index contributed by atoms with van der Waals surface area (Å²) < 4.78 is 3.85. The molecule has 3 aromatic rings. The summed E-state index contributed by atoms with van der Waals surface area (Å²) in [6.45, 7) is 2.72. The lowest BCUT2D eigenvalue weighted by atomic mass is 10.3. The van der Waals surface area contributed by atoms with Gasteiger partial charge in [0.1, 0.15) is 5.82 Å². The van der Waals surface area contributed by atoms with Crippen molar-refractivity contribution in [3.63, 3.8) is 0 Å². The van der Waals surface area contributed by atoms with Crippen molar-refractivity contribution < 1.29 is 0 Å². The van der Waals surface area contributed by atoms with Crippen LogP contribution in [0.2, 0.25) is 10.0 Å². The van der Waals surface area contributed by atoms with Crippen LogP contribution in [0.5, 0.6) is 0 Å². The van der Waals surface area contributed by atoms with Crippen molar-refractivity contribution in [3.05, 3.63) is 64.4 Å². The highest BCUT2D eigenvalue weighted by atomic mass is 35.5. The van der Waals surface area contributed by atoms with Crippen molar-refractivity contribution in [3.8, 4) is 5.69 Å². The Bertz CT molecular complexity index is 745. The zero-order valence-electron chi connectivity index (χ0n) is 10.8. The molecule has 6 heteroatoms. The van der Waals surface area contributed by atoms with E-state index in [1.54, 1.807) is 23.0 Å². The van der Waals surface area contributed by atoms with Crippen molar-refractivity contribution in [1.29, 1.82) is 0 Å². The molecule has 0 atom stereocenters. The van der Waals surface area contributed by atoms with Gasteiger partial charge in [0.2, 0.25) is 0 Å². The summed E-state index contributed by atoms with van der Waals surface area (Å²) in [6, 6.07) is 5.44. The zero-order valence-corrected chi connectivity index (χ0v) is 12.3. The highest BCUT2D eigenvalue weighted by Gasteiger charge is 2.05. The van der Waals surface area contributed by atoms with Crippen LogP contribution in [0, 0.1) is 6.92 Å². The second kappa shape index (κ2) is 5.31. The molecule has 102 valence electrons. The minimum Gasteiger partial charge on any atom is -0.331 e. The molecule has 0 fully saturated rings. The molecule has 0 saturated carbocycles. The van der Waals surface area contributed by atoms with Gasteiger partial charge in [0.05, 0.1) is 28.5 Å². The van der Waals surface area contributed by atoms with Gasteiger partial charge in [-0.3, -0.25) is 0 Å². The third-order valence-electron chi connectivity index (χ3n) is 3.08. The molecule has 0 unspecified atom stereocenters. The minimum atomic E-state index is 0.520. The lowest BCUT2D eigenvalue weighted by Gasteiger charge is -2.03. The second-order valence-corrected chi connectivity index (χ2v) is 5.31. The number of hydrogen-bond donors (Lipinski definition) is 0. The fraction of sp³-hybridized carbons (Fsp3) is 0.143. The molecular formula is C14H12Cl2N4. The molecule has 3 rings (SSSR count). The Kier molecular flexibility index (Phi) is 3.51. The number of rotatable bonds is 3. The van der Waals surface area contributed by atoms with Crippen LogP contribution in [0.3, 0.4) is 0 Å². The first-order valence-corrected chi connectivity index (χ1v) is 6.86. The number of nitrogens with zero attached hydrogens (tertiary/aromatic N) is 4. The lowest BCUT2D eigenvalue weighted by molar-refractivity contribution is 0.761. The molecule has 0 N–H and O–H groups in total. The zero-order chi connectivity index (χ0) is 14.1. The van der Waals surface area contributed by atoms with Gasteiger partial charge >= 0.3 is 0 Å². The molecular weight excluding hydrogens is 295 g/mol. The van der Waals surface area contributed by atoms with E-state index in [0.29, 0.717) is 10.0 Å². The maximum Gasteiger partial charge on any atom is 0.105 e. The predicted octanol–water partition coefficient (Wildman–Crippen LogP) is 3.73. The van der Waals surface area contributed by atoms with Gasteiger partial charge in [0.25, 0.3) is 0 Å². The predicted molar refractivity (Wildman–Crippen MR) is 79.7 cm³/mol. The summed E-state index contributed by atoms with van der Waals surface area (Å²) in [6.07, 6.45) is 7.55. The Morgan fingerprint density at radius 2 is 2.05 bits per heavy atom. The summed E-state index contributed by atoms with van der Waals surface area (Å²) >= 11 is 11.9. The summed E-state index contributed by atoms with van der Waals surface area (Å²) in [5.41, 5.74) is 1.98. The molecule has 1 aromatic carbocycles. The Morgan fingerprint density at radius 3 is 2.75 bits per heavy atom. The van der Waals surface area contributed by atoms with Gasteiger partial charge in [-0.2, -0.15) is 5.10 Å². The van der Waals surface area contributed by atoms with E-state index in [4.69, 9.17) is 23.2 Å². The SMILES string of the molecule is Cc1nccn1Cc1cnn(-c2ccc(Cl)c(Cl)c2)c1. The maximum absolute atomic E-state index is 6.02. The fourth-order valence-corrected chi connectivity index (χ4v) is 2.27. The smallest absolute Gasteiger partial charge is 0.105 e. The Morgan fingerprint density at radius 1 is 1.20 bits per heavy atom. The summed E-state index contributed by atoms with van der Waals surface area (Å²) in [4.78, 5) is 4.20. The minimum absolute atomic E-state index is 0.520. The number of aryl methyl sites for hydroxylation is 1. The Labute approximate surface area is 126 Å². The summed E-state index contributed by atoms with van der Waals surface area (Å²) in [5, 5.41) is 5.41. The Balaban J connectivity index is 1.86. The van der Waals surface area contributed by atoms with Crippen molar-refractivity contribution in [1.82, 2.24) is 19.3 Å². The molecule has 0 bridgehead atoms. The highest BCUT2D eigenvalue weighted by Crippen LogP contribution is 2.24. The number of halogens is 2. The van der Waals surface area contributed by atoms with E-state index in [9.17, 15) is 0 Å². The molecule has 0 aliphatic rings. The lowest BCUT2D eigenvalue weighted by Crippen LogP contribution is -1.99. The molecule has 0 radical (unpaired) electrons. The van der Waals surface area contributed by atoms with Crippen LogP contribution in [-0.2, 0) is 6.54 Å². The Hall–Kier alpha value is -1.78. The van der Waals surface area contributed by atoms with E-state index in [-0.39, 0.29) is 0 Å². The van der Waals surface area contributed by atoms with Crippen LogP contribution >= 0.6 is 23.2 Å². The number of benzene rings is 1. The van der Waals surface area contributed by atoms with Crippen LogP contribution in [0.15, 0.2) is 43.0 Å². The highest BCUT2D eigenvalue weighted by molar-refractivity contribution is 6.42. The van der Waals surface area contributed by atoms with Gasteiger partial charge < -0.3 is 4.57 Å². The first kappa shape index (κ1) is 13.2. The van der Waals surface area contributed by atoms with E-state index in [2.05, 4.69) is 14.6 Å². The normalized spacial score (nSPS) is 10.9. The average molecular weight is 307 g/mol. The fourth-order valence-electron chi connectivity index (χ4n) is 1.98. The number of aromatic nitrogens is 4. The molecule has 20 heavy (non-hydrogen) atoms. The summed E-state index contributed by atoms with van der Waals surface area (Å²) in [7, 11) is 0. The van der Waals surface area contributed by atoms with E-state index >= 15 is 0 Å². The molecule has 2 aromatic heterocycles. The molecule has 0 amide bonds. The van der Waals surface area contributed by atoms with Crippen LogP contribution in [0.4, 0.5) is 0 Å². The quantitative estimate of drug-likeness (QED) is 0.739.